The van der Waals surface area contributed by atoms with Crippen molar-refractivity contribution in [2.24, 2.45) is 0 Å². The molecular weight excluding hydrogens is 455 g/mol. The van der Waals surface area contributed by atoms with Crippen molar-refractivity contribution in [1.82, 2.24) is 29.5 Å². The van der Waals surface area contributed by atoms with Crippen LogP contribution >= 0.6 is 36.6 Å². The van der Waals surface area contributed by atoms with Gasteiger partial charge in [0.15, 0.2) is 5.65 Å². The van der Waals surface area contributed by atoms with Gasteiger partial charge in [-0.15, -0.1) is 35.0 Å². The van der Waals surface area contributed by atoms with E-state index in [-0.39, 0.29) is 24.8 Å². The van der Waals surface area contributed by atoms with Crippen molar-refractivity contribution in [3.63, 3.8) is 0 Å². The molecule has 0 radical (unpaired) electrons. The Morgan fingerprint density at radius 3 is 2.52 bits per heavy atom. The van der Waals surface area contributed by atoms with Gasteiger partial charge in [0.25, 0.3) is 0 Å². The predicted octanol–water partition coefficient (Wildman–Crippen LogP) is 3.59. The highest BCUT2D eigenvalue weighted by Gasteiger charge is 2.17. The third-order valence-corrected chi connectivity index (χ3v) is 6.45. The molecule has 4 rings (SSSR count). The van der Waals surface area contributed by atoms with E-state index >= 15 is 0 Å². The van der Waals surface area contributed by atoms with Crippen LogP contribution in [0.3, 0.4) is 0 Å². The van der Waals surface area contributed by atoms with Crippen molar-refractivity contribution in [1.29, 1.82) is 0 Å². The lowest BCUT2D eigenvalue weighted by Gasteiger charge is -2.26. The predicted molar refractivity (Wildman–Crippen MR) is 133 cm³/mol. The maximum absolute atomic E-state index is 5.48. The summed E-state index contributed by atoms with van der Waals surface area (Å²) < 4.78 is 7.79. The Morgan fingerprint density at radius 1 is 1.03 bits per heavy atom. The molecule has 0 bridgehead atoms. The fourth-order valence-corrected chi connectivity index (χ4v) is 4.63. The number of fused-ring (bicyclic) bond motifs is 3. The lowest BCUT2D eigenvalue weighted by molar-refractivity contribution is 0.0366. The smallest absolute Gasteiger partial charge is 0.211 e. The molecule has 0 N–H and O–H groups in total. The van der Waals surface area contributed by atoms with Crippen LogP contribution < -0.4 is 0 Å². The SMILES string of the molecule is CCN(CC)CCSc1nnc2c3ccccc3n(CCN3CCOCC3)c2n1.Cl.Cl. The number of ether oxygens (including phenoxy) is 1. The zero-order chi connectivity index (χ0) is 20.1. The molecule has 1 saturated heterocycles. The Balaban J connectivity index is 0.00000171. The highest BCUT2D eigenvalue weighted by Crippen LogP contribution is 2.27. The first-order valence-electron chi connectivity index (χ1n) is 10.6. The summed E-state index contributed by atoms with van der Waals surface area (Å²) in [5.41, 5.74) is 3.03. The second-order valence-electron chi connectivity index (χ2n) is 7.26. The molecule has 1 aromatic carbocycles. The van der Waals surface area contributed by atoms with Gasteiger partial charge in [0.2, 0.25) is 5.16 Å². The van der Waals surface area contributed by atoms with E-state index in [9.17, 15) is 0 Å². The average Bonchev–Trinajstić information content (AvgIpc) is 3.09. The topological polar surface area (TPSA) is 59.3 Å². The second-order valence-corrected chi connectivity index (χ2v) is 8.33. The van der Waals surface area contributed by atoms with E-state index in [1.165, 1.54) is 5.52 Å². The Bertz CT molecular complexity index is 946. The number of halogens is 2. The van der Waals surface area contributed by atoms with Gasteiger partial charge in [-0.25, -0.2) is 4.98 Å². The first-order valence-corrected chi connectivity index (χ1v) is 11.6. The lowest BCUT2D eigenvalue weighted by atomic mass is 10.2. The number of morpholine rings is 1. The van der Waals surface area contributed by atoms with Crippen LogP contribution in [0.2, 0.25) is 0 Å². The van der Waals surface area contributed by atoms with Crippen LogP contribution in [0.15, 0.2) is 29.4 Å². The minimum Gasteiger partial charge on any atom is -0.379 e. The fraction of sp³-hybridized carbons (Fsp3) is 0.571. The van der Waals surface area contributed by atoms with Gasteiger partial charge in [-0.3, -0.25) is 4.90 Å². The minimum atomic E-state index is 0. The van der Waals surface area contributed by atoms with E-state index in [0.29, 0.717) is 0 Å². The van der Waals surface area contributed by atoms with Gasteiger partial charge in [-0.2, -0.15) is 0 Å². The summed E-state index contributed by atoms with van der Waals surface area (Å²) >= 11 is 1.69. The Morgan fingerprint density at radius 2 is 1.77 bits per heavy atom. The second kappa shape index (κ2) is 12.8. The molecule has 10 heteroatoms. The molecule has 1 aliphatic heterocycles. The van der Waals surface area contributed by atoms with E-state index in [2.05, 4.69) is 62.7 Å². The molecule has 0 atom stereocenters. The van der Waals surface area contributed by atoms with Crippen LogP contribution in [0, 0.1) is 0 Å². The van der Waals surface area contributed by atoms with Crippen molar-refractivity contribution in [2.45, 2.75) is 25.5 Å². The summed E-state index contributed by atoms with van der Waals surface area (Å²) in [7, 11) is 0. The molecule has 172 valence electrons. The van der Waals surface area contributed by atoms with E-state index in [4.69, 9.17) is 9.72 Å². The number of rotatable bonds is 9. The van der Waals surface area contributed by atoms with Crippen LogP contribution in [0.5, 0.6) is 0 Å². The minimum absolute atomic E-state index is 0. The summed E-state index contributed by atoms with van der Waals surface area (Å²) in [6, 6.07) is 8.42. The summed E-state index contributed by atoms with van der Waals surface area (Å²) in [6.07, 6.45) is 0. The van der Waals surface area contributed by atoms with E-state index in [1.54, 1.807) is 11.8 Å². The standard InChI is InChI=1S/C21H30N6OS.2ClH/c1-3-25(4-2)13-16-29-21-22-20-19(23-24-21)17-7-5-6-8-18(17)27(20)10-9-26-11-14-28-15-12-26;;/h5-8H,3-4,9-16H2,1-2H3;2*1H. The zero-order valence-electron chi connectivity index (χ0n) is 18.2. The van der Waals surface area contributed by atoms with Gasteiger partial charge in [0.05, 0.1) is 18.7 Å². The molecule has 3 heterocycles. The normalized spacial score (nSPS) is 14.7. The summed E-state index contributed by atoms with van der Waals surface area (Å²) in [5.74, 6) is 0.975. The Labute approximate surface area is 200 Å². The molecule has 0 aliphatic carbocycles. The van der Waals surface area contributed by atoms with Gasteiger partial charge in [0, 0.05) is 43.9 Å². The van der Waals surface area contributed by atoms with Crippen LogP contribution in [0.4, 0.5) is 0 Å². The molecule has 0 spiro atoms. The van der Waals surface area contributed by atoms with Gasteiger partial charge in [0.1, 0.15) is 5.52 Å². The molecule has 0 amide bonds. The molecule has 3 aromatic rings. The maximum Gasteiger partial charge on any atom is 0.211 e. The summed E-state index contributed by atoms with van der Waals surface area (Å²) in [6.45, 7) is 13.1. The van der Waals surface area contributed by atoms with Crippen molar-refractivity contribution < 1.29 is 4.74 Å². The average molecular weight is 488 g/mol. The van der Waals surface area contributed by atoms with E-state index in [0.717, 1.165) is 86.5 Å². The third kappa shape index (κ3) is 6.21. The number of benzene rings is 1. The van der Waals surface area contributed by atoms with Gasteiger partial charge in [-0.05, 0) is 19.2 Å². The highest BCUT2D eigenvalue weighted by molar-refractivity contribution is 7.99. The fourth-order valence-electron chi connectivity index (χ4n) is 3.85. The van der Waals surface area contributed by atoms with Crippen LogP contribution in [0.1, 0.15) is 13.8 Å². The number of nitrogens with zero attached hydrogens (tertiary/aromatic N) is 6. The number of thioether (sulfide) groups is 1. The van der Waals surface area contributed by atoms with Crippen LogP contribution in [-0.4, -0.2) is 87.8 Å². The summed E-state index contributed by atoms with van der Waals surface area (Å²) in [4.78, 5) is 9.79. The third-order valence-electron chi connectivity index (χ3n) is 5.63. The maximum atomic E-state index is 5.48. The number of hydrogen-bond donors (Lipinski definition) is 0. The van der Waals surface area contributed by atoms with Gasteiger partial charge in [-0.1, -0.05) is 43.8 Å². The number of aromatic nitrogens is 4. The summed E-state index contributed by atoms with van der Waals surface area (Å²) in [5, 5.41) is 10.9. The van der Waals surface area contributed by atoms with Crippen molar-refractivity contribution in [3.8, 4) is 0 Å². The van der Waals surface area contributed by atoms with Gasteiger partial charge >= 0.3 is 0 Å². The molecular formula is C21H32Cl2N6OS. The van der Waals surface area contributed by atoms with Crippen LogP contribution in [-0.2, 0) is 11.3 Å². The molecule has 0 saturated carbocycles. The largest absolute Gasteiger partial charge is 0.379 e. The molecule has 1 aliphatic rings. The van der Waals surface area contributed by atoms with Crippen molar-refractivity contribution in [2.75, 3.05) is 58.2 Å². The van der Waals surface area contributed by atoms with Crippen molar-refractivity contribution >= 4 is 58.6 Å². The Hall–Kier alpha value is -1.16. The highest BCUT2D eigenvalue weighted by atomic mass is 35.5. The van der Waals surface area contributed by atoms with Crippen molar-refractivity contribution in [3.05, 3.63) is 24.3 Å². The van der Waals surface area contributed by atoms with Crippen LogP contribution in [0.25, 0.3) is 22.1 Å². The Kier molecular flexibility index (Phi) is 10.7. The first-order chi connectivity index (χ1) is 14.3. The molecule has 2 aromatic heterocycles. The zero-order valence-corrected chi connectivity index (χ0v) is 20.6. The van der Waals surface area contributed by atoms with E-state index < -0.39 is 0 Å². The first kappa shape index (κ1) is 26.1. The monoisotopic (exact) mass is 486 g/mol. The molecule has 0 unspecified atom stereocenters. The van der Waals surface area contributed by atoms with Gasteiger partial charge < -0.3 is 14.2 Å². The quantitative estimate of drug-likeness (QED) is 0.428. The molecule has 1 fully saturated rings. The molecule has 31 heavy (non-hydrogen) atoms. The molecule has 7 nitrogen and oxygen atoms in total. The number of para-hydroxylation sites is 1. The lowest BCUT2D eigenvalue weighted by Crippen LogP contribution is -2.38. The van der Waals surface area contributed by atoms with E-state index in [1.807, 2.05) is 0 Å². The number of hydrogen-bond acceptors (Lipinski definition) is 7.